The maximum Gasteiger partial charge on any atom is 4.00 e. The van der Waals surface area contributed by atoms with E-state index in [2.05, 4.69) is 0 Å². The van der Waals surface area contributed by atoms with Crippen LogP contribution in [0.2, 0.25) is 0 Å². The van der Waals surface area contributed by atoms with E-state index in [-0.39, 0.29) is 92.0 Å². The minimum Gasteiger partial charge on any atom is -0.679 e. The fourth-order valence-corrected chi connectivity index (χ4v) is 0. The molecule has 8 nitrogen and oxygen atoms in total. The minimum absolute atomic E-state index is 0. The first-order valence-corrected chi connectivity index (χ1v) is 3.31. The average molecular weight is 809 g/mol. The van der Waals surface area contributed by atoms with Crippen molar-refractivity contribution in [2.24, 2.45) is 0 Å². The number of nitrogens with zero attached hydrogens (tertiary/aromatic N) is 4. The molecule has 2 radical (unpaired) electrons. The van der Waals surface area contributed by atoms with Gasteiger partial charge in [0.1, 0.15) is 0 Å². The first-order chi connectivity index (χ1) is 7.83. The Labute approximate surface area is 161 Å². The van der Waals surface area contributed by atoms with Crippen LogP contribution >= 0.6 is 0 Å². The van der Waals surface area contributed by atoms with Gasteiger partial charge in [0.15, 0.2) is 0 Å². The first-order valence-electron chi connectivity index (χ1n) is 3.31. The van der Waals surface area contributed by atoms with Gasteiger partial charge in [-0.2, -0.15) is 26.2 Å². The van der Waals surface area contributed by atoms with Gasteiger partial charge in [-0.1, -0.05) is 0 Å². The fourth-order valence-electron chi connectivity index (χ4n) is 0. The van der Waals surface area contributed by atoms with Crippen molar-refractivity contribution in [1.82, 2.24) is 0 Å². The third-order valence-corrected chi connectivity index (χ3v) is 0.250. The zero-order valence-electron chi connectivity index (χ0n) is 9.54. The summed E-state index contributed by atoms with van der Waals surface area (Å²) in [5.74, 6) is 0. The van der Waals surface area contributed by atoms with Gasteiger partial charge in [-0.05, 0) is 0 Å². The van der Waals surface area contributed by atoms with Crippen LogP contribution in [0, 0.1) is 47.3 Å². The van der Waals surface area contributed by atoms with E-state index in [1.165, 1.54) is 0 Å². The average Bonchev–Trinajstić information content (AvgIpc) is 2.47. The van der Waals surface area contributed by atoms with Crippen molar-refractivity contribution < 1.29 is 65.8 Å². The van der Waals surface area contributed by atoms with Crippen molar-refractivity contribution in [3.05, 3.63) is 49.2 Å². The molecule has 0 spiro atoms. The zero-order chi connectivity index (χ0) is 14.8. The van der Waals surface area contributed by atoms with Gasteiger partial charge in [-0.25, -0.2) is 0 Å². The normalized spacial score (nSPS) is 3.58. The smallest absolute Gasteiger partial charge is 0.679 e. The standard InChI is InChI=1S/2C2H6N2.4CN.2Au.Pt/c2*3-1-2-4;4*1-2;;;/h2*3-4H,1-2H2;;;;;;;/q2*-2;4*-1;;;+4. The molecule has 0 aromatic heterocycles. The molecule has 4 N–H and O–H groups in total. The van der Waals surface area contributed by atoms with Crippen LogP contribution in [0.1, 0.15) is 0 Å². The van der Waals surface area contributed by atoms with Gasteiger partial charge in [0.2, 0.25) is 0 Å². The van der Waals surface area contributed by atoms with Gasteiger partial charge in [-0.15, -0.1) is 0 Å². The van der Waals surface area contributed by atoms with Crippen molar-refractivity contribution >= 4 is 0 Å². The van der Waals surface area contributed by atoms with E-state index in [4.69, 9.17) is 70.3 Å². The predicted molar refractivity (Wildman–Crippen MR) is 56.6 cm³/mol. The molecular formula is C8H12Au2N8Pt-4. The van der Waals surface area contributed by atoms with Crippen LogP contribution in [0.25, 0.3) is 22.9 Å². The van der Waals surface area contributed by atoms with E-state index in [0.717, 1.165) is 0 Å². The molecule has 120 valence electrons. The molecule has 0 rings (SSSR count). The van der Waals surface area contributed by atoms with E-state index in [9.17, 15) is 0 Å². The number of hydrogen-bond acceptors (Lipinski definition) is 4. The molecule has 19 heavy (non-hydrogen) atoms. The minimum atomic E-state index is 0. The molecule has 0 amide bonds. The van der Waals surface area contributed by atoms with Gasteiger partial charge >= 0.3 is 21.1 Å². The van der Waals surface area contributed by atoms with Crippen LogP contribution in [0.4, 0.5) is 0 Å². The maximum atomic E-state index is 6.26. The van der Waals surface area contributed by atoms with Gasteiger partial charge in [-0.3, -0.25) is 0 Å². The Bertz CT molecular complexity index is 108. The Kier molecular flexibility index (Phi) is 1070. The van der Waals surface area contributed by atoms with Gasteiger partial charge in [0, 0.05) is 44.8 Å². The van der Waals surface area contributed by atoms with Crippen LogP contribution in [-0.4, -0.2) is 26.2 Å². The van der Waals surface area contributed by atoms with Gasteiger partial charge in [0.05, 0.1) is 0 Å². The van der Waals surface area contributed by atoms with Crippen LogP contribution in [0.5, 0.6) is 0 Å². The summed E-state index contributed by atoms with van der Waals surface area (Å²) in [6, 6.07) is 0. The largest absolute Gasteiger partial charge is 4.00 e. The molecule has 0 atom stereocenters. The van der Waals surface area contributed by atoms with Crippen molar-refractivity contribution in [3.63, 3.8) is 0 Å². The SMILES string of the molecule is [Au].[Au].[C-]#N.[C-]#N.[C-]#N.[C-]#N.[NH-]CC[NH-].[NH-]CC[NH-].[Pt+4]. The monoisotopic (exact) mass is 809 g/mol. The summed E-state index contributed by atoms with van der Waals surface area (Å²) < 4.78 is 0. The topological polar surface area (TPSA) is 190 Å². The summed E-state index contributed by atoms with van der Waals surface area (Å²) in [6.07, 6.45) is 0. The molecule has 0 fully saturated rings. The molecule has 0 aromatic carbocycles. The Morgan fingerprint density at radius 2 is 0.526 bits per heavy atom. The second-order valence-electron chi connectivity index (χ2n) is 1.000. The van der Waals surface area contributed by atoms with E-state index in [1.807, 2.05) is 0 Å². The van der Waals surface area contributed by atoms with E-state index in [0.29, 0.717) is 0 Å². The molecular weight excluding hydrogens is 797 g/mol. The number of hydrogen-bond donors (Lipinski definition) is 0. The zero-order valence-corrected chi connectivity index (χ0v) is 16.1. The Hall–Kier alpha value is -0.0312. The molecule has 0 aromatic rings. The van der Waals surface area contributed by atoms with Crippen molar-refractivity contribution in [2.75, 3.05) is 26.2 Å². The number of rotatable bonds is 2. The fraction of sp³-hybridized carbons (Fsp3) is 0.500. The summed E-state index contributed by atoms with van der Waals surface area (Å²) in [7, 11) is 0. The second kappa shape index (κ2) is 328. The van der Waals surface area contributed by atoms with Crippen LogP contribution in [0.3, 0.4) is 0 Å². The van der Waals surface area contributed by atoms with Crippen molar-refractivity contribution in [3.8, 4) is 0 Å². The molecule has 0 unspecified atom stereocenters. The summed E-state index contributed by atoms with van der Waals surface area (Å²) in [5, 5.41) is 25.0. The van der Waals surface area contributed by atoms with Crippen molar-refractivity contribution in [2.45, 2.75) is 0 Å². The molecule has 0 aliphatic heterocycles. The second-order valence-corrected chi connectivity index (χ2v) is 1.000. The molecule has 11 heteroatoms. The maximum absolute atomic E-state index is 6.26. The molecule has 0 aliphatic rings. The summed E-state index contributed by atoms with van der Waals surface area (Å²) >= 11 is 0. The number of nitrogens with one attached hydrogen (secondary N) is 4. The van der Waals surface area contributed by atoms with E-state index >= 15 is 0 Å². The first kappa shape index (κ1) is 61.6. The summed E-state index contributed by atoms with van der Waals surface area (Å²) in [5.41, 5.74) is 25.1. The Morgan fingerprint density at radius 1 is 0.474 bits per heavy atom. The molecule has 0 bridgehead atoms. The molecule has 0 saturated heterocycles. The predicted octanol–water partition coefficient (Wildman–Crippen LogP) is 2.56. The molecule has 0 heterocycles. The molecule has 0 saturated carbocycles. The van der Waals surface area contributed by atoms with Crippen molar-refractivity contribution in [1.29, 1.82) is 21.0 Å². The van der Waals surface area contributed by atoms with Crippen LogP contribution in [-0.2, 0) is 65.8 Å². The Morgan fingerprint density at radius 3 is 0.526 bits per heavy atom. The third kappa shape index (κ3) is 1180. The van der Waals surface area contributed by atoms with Crippen LogP contribution < -0.4 is 0 Å². The van der Waals surface area contributed by atoms with Gasteiger partial charge < -0.3 is 70.3 Å². The van der Waals surface area contributed by atoms with E-state index in [1.54, 1.807) is 0 Å². The summed E-state index contributed by atoms with van der Waals surface area (Å²) in [6.45, 7) is 19.9. The van der Waals surface area contributed by atoms with Crippen LogP contribution in [0.15, 0.2) is 0 Å². The summed E-state index contributed by atoms with van der Waals surface area (Å²) in [4.78, 5) is 0. The third-order valence-electron chi connectivity index (χ3n) is 0.250. The van der Waals surface area contributed by atoms with E-state index < -0.39 is 0 Å². The quantitative estimate of drug-likeness (QED) is 0.306. The molecule has 0 aliphatic carbocycles. The van der Waals surface area contributed by atoms with Gasteiger partial charge in [0.25, 0.3) is 0 Å². The Balaban J connectivity index is -0.00000000908.